The standard InChI is InChI=1S/C21H25ClFN3O4S/c1-30-21(27)16-4-6-17(24-13-16)14-26(31(28)29)11-8-20(25-9-2-3-10-25)15-5-7-19(23)18(22)12-15/h4-7,12-13,20H,2-3,8-11,14H2,1H3,(H,28,29). The molecule has 7 nitrogen and oxygen atoms in total. The Morgan fingerprint density at radius 3 is 2.68 bits per heavy atom. The van der Waals surface area contributed by atoms with E-state index in [1.165, 1.54) is 23.7 Å². The molecule has 0 saturated carbocycles. The zero-order chi connectivity index (χ0) is 22.4. The second-order valence-electron chi connectivity index (χ2n) is 7.35. The minimum atomic E-state index is -2.20. The van der Waals surface area contributed by atoms with Gasteiger partial charge in [-0.2, -0.15) is 4.31 Å². The normalized spacial score (nSPS) is 16.4. The molecular weight excluding hydrogens is 445 g/mol. The van der Waals surface area contributed by atoms with Crippen LogP contribution in [0.2, 0.25) is 5.02 Å². The highest BCUT2D eigenvalue weighted by Gasteiger charge is 2.26. The van der Waals surface area contributed by atoms with Crippen molar-refractivity contribution in [3.05, 3.63) is 64.2 Å². The van der Waals surface area contributed by atoms with E-state index in [0.717, 1.165) is 31.5 Å². The Bertz CT molecular complexity index is 925. The van der Waals surface area contributed by atoms with Gasteiger partial charge in [0.15, 0.2) is 0 Å². The van der Waals surface area contributed by atoms with Crippen LogP contribution in [0.5, 0.6) is 0 Å². The zero-order valence-corrected chi connectivity index (χ0v) is 18.7. The molecule has 0 spiro atoms. The van der Waals surface area contributed by atoms with Crippen LogP contribution in [-0.2, 0) is 22.5 Å². The number of aromatic nitrogens is 1. The summed E-state index contributed by atoms with van der Waals surface area (Å²) < 4.78 is 41.4. The molecule has 0 bridgehead atoms. The van der Waals surface area contributed by atoms with Crippen molar-refractivity contribution in [1.29, 1.82) is 0 Å². The number of rotatable bonds is 9. The van der Waals surface area contributed by atoms with Crippen molar-refractivity contribution in [2.45, 2.75) is 31.8 Å². The molecule has 1 aliphatic heterocycles. The number of hydrogen-bond acceptors (Lipinski definition) is 5. The summed E-state index contributed by atoms with van der Waals surface area (Å²) >= 11 is 3.79. The Morgan fingerprint density at radius 2 is 2.10 bits per heavy atom. The van der Waals surface area contributed by atoms with Crippen LogP contribution in [0.15, 0.2) is 36.5 Å². The minimum Gasteiger partial charge on any atom is -0.465 e. The molecule has 0 aliphatic carbocycles. The summed E-state index contributed by atoms with van der Waals surface area (Å²) in [6, 6.07) is 7.87. The van der Waals surface area contributed by atoms with Crippen LogP contribution < -0.4 is 0 Å². The molecule has 2 unspecified atom stereocenters. The van der Waals surface area contributed by atoms with Gasteiger partial charge in [0.2, 0.25) is 11.3 Å². The molecule has 1 aromatic heterocycles. The summed E-state index contributed by atoms with van der Waals surface area (Å²) in [5.74, 6) is -0.960. The van der Waals surface area contributed by atoms with Crippen LogP contribution in [0, 0.1) is 5.82 Å². The molecule has 1 fully saturated rings. The maximum atomic E-state index is 13.6. The first-order valence-electron chi connectivity index (χ1n) is 9.97. The highest BCUT2D eigenvalue weighted by molar-refractivity contribution is 7.76. The molecule has 2 atom stereocenters. The lowest BCUT2D eigenvalue weighted by Gasteiger charge is -2.30. The summed E-state index contributed by atoms with van der Waals surface area (Å²) in [5.41, 5.74) is 1.75. The number of methoxy groups -OCH3 is 1. The van der Waals surface area contributed by atoms with Crippen molar-refractivity contribution in [3.8, 4) is 0 Å². The number of pyridine rings is 1. The molecule has 0 amide bonds. The lowest BCUT2D eigenvalue weighted by Crippen LogP contribution is -2.32. The molecule has 1 N–H and O–H groups in total. The van der Waals surface area contributed by atoms with Crippen LogP contribution in [0.1, 0.15) is 46.9 Å². The maximum absolute atomic E-state index is 13.6. The molecule has 2 heterocycles. The van der Waals surface area contributed by atoms with Gasteiger partial charge < -0.3 is 4.74 Å². The maximum Gasteiger partial charge on any atom is 0.339 e. The molecule has 1 aromatic carbocycles. The fraction of sp³-hybridized carbons (Fsp3) is 0.429. The van der Waals surface area contributed by atoms with Crippen molar-refractivity contribution in [3.63, 3.8) is 0 Å². The van der Waals surface area contributed by atoms with Gasteiger partial charge in [-0.1, -0.05) is 17.7 Å². The molecule has 10 heteroatoms. The van der Waals surface area contributed by atoms with Crippen molar-refractivity contribution < 1.29 is 22.7 Å². The third kappa shape index (κ3) is 6.30. The number of ether oxygens (including phenoxy) is 1. The molecular formula is C21H25ClFN3O4S. The van der Waals surface area contributed by atoms with Crippen LogP contribution in [-0.4, -0.2) is 55.7 Å². The number of carbonyl (C=O) groups excluding carboxylic acids is 1. The smallest absolute Gasteiger partial charge is 0.339 e. The first kappa shape index (κ1) is 23.7. The number of hydrogen-bond donors (Lipinski definition) is 1. The summed E-state index contributed by atoms with van der Waals surface area (Å²) in [5, 5.41) is 0.0687. The Kier molecular flexibility index (Phi) is 8.50. The lowest BCUT2D eigenvalue weighted by atomic mass is 10.0. The van der Waals surface area contributed by atoms with Crippen molar-refractivity contribution in [2.75, 3.05) is 26.7 Å². The fourth-order valence-electron chi connectivity index (χ4n) is 3.75. The summed E-state index contributed by atoms with van der Waals surface area (Å²) in [4.78, 5) is 18.0. The number of benzene rings is 1. The highest BCUT2D eigenvalue weighted by atomic mass is 35.5. The van der Waals surface area contributed by atoms with Gasteiger partial charge in [0, 0.05) is 18.8 Å². The molecule has 0 radical (unpaired) electrons. The van der Waals surface area contributed by atoms with E-state index in [4.69, 9.17) is 11.6 Å². The van der Waals surface area contributed by atoms with Crippen LogP contribution in [0.4, 0.5) is 4.39 Å². The van der Waals surface area contributed by atoms with Crippen molar-refractivity contribution in [1.82, 2.24) is 14.2 Å². The minimum absolute atomic E-state index is 0.0405. The Balaban J connectivity index is 1.71. The topological polar surface area (TPSA) is 83.0 Å². The molecule has 31 heavy (non-hydrogen) atoms. The number of esters is 1. The Morgan fingerprint density at radius 1 is 1.35 bits per heavy atom. The van der Waals surface area contributed by atoms with Crippen molar-refractivity contribution >= 4 is 28.8 Å². The Labute approximate surface area is 188 Å². The molecule has 168 valence electrons. The third-order valence-electron chi connectivity index (χ3n) is 5.37. The number of likely N-dealkylation sites (tertiary alicyclic amines) is 1. The number of halogens is 2. The largest absolute Gasteiger partial charge is 0.465 e. The second-order valence-corrected chi connectivity index (χ2v) is 8.73. The van der Waals surface area contributed by atoms with E-state index >= 15 is 0 Å². The third-order valence-corrected chi connectivity index (χ3v) is 6.41. The van der Waals surface area contributed by atoms with Gasteiger partial charge in [0.1, 0.15) is 5.82 Å². The molecule has 2 aromatic rings. The van der Waals surface area contributed by atoms with E-state index in [9.17, 15) is 17.9 Å². The summed E-state index contributed by atoms with van der Waals surface area (Å²) in [6.45, 7) is 2.29. The average molecular weight is 470 g/mol. The number of nitrogens with zero attached hydrogens (tertiary/aromatic N) is 3. The predicted molar refractivity (Wildman–Crippen MR) is 116 cm³/mol. The first-order chi connectivity index (χ1) is 14.9. The van der Waals surface area contributed by atoms with Gasteiger partial charge in [-0.3, -0.25) is 14.4 Å². The van der Waals surface area contributed by atoms with Gasteiger partial charge >= 0.3 is 5.97 Å². The SMILES string of the molecule is COC(=O)c1ccc(CN(CCC(c2ccc(F)c(Cl)c2)N2CCCC2)S(=O)O)nc1. The van der Waals surface area contributed by atoms with E-state index in [-0.39, 0.29) is 17.6 Å². The molecule has 1 aliphatic rings. The van der Waals surface area contributed by atoms with Crippen LogP contribution in [0.25, 0.3) is 0 Å². The van der Waals surface area contributed by atoms with Gasteiger partial charge in [-0.15, -0.1) is 0 Å². The fourth-order valence-corrected chi connectivity index (χ4v) is 4.44. The predicted octanol–water partition coefficient (Wildman–Crippen LogP) is 3.83. The second kappa shape index (κ2) is 11.1. The van der Waals surface area contributed by atoms with Gasteiger partial charge in [0.05, 0.1) is 29.9 Å². The van der Waals surface area contributed by atoms with Crippen LogP contribution in [0.3, 0.4) is 0 Å². The van der Waals surface area contributed by atoms with E-state index < -0.39 is 23.1 Å². The number of carbonyl (C=O) groups is 1. The van der Waals surface area contributed by atoms with Gasteiger partial charge in [0.25, 0.3) is 0 Å². The first-order valence-corrected chi connectivity index (χ1v) is 11.4. The monoisotopic (exact) mass is 469 g/mol. The van der Waals surface area contributed by atoms with Gasteiger partial charge in [-0.05, 0) is 62.2 Å². The van der Waals surface area contributed by atoms with Crippen LogP contribution >= 0.6 is 11.6 Å². The van der Waals surface area contributed by atoms with Gasteiger partial charge in [-0.25, -0.2) is 13.4 Å². The summed E-state index contributed by atoms with van der Waals surface area (Å²) in [6.07, 6.45) is 4.11. The summed E-state index contributed by atoms with van der Waals surface area (Å²) in [7, 11) is 1.29. The molecule has 1 saturated heterocycles. The quantitative estimate of drug-likeness (QED) is 0.444. The zero-order valence-electron chi connectivity index (χ0n) is 17.2. The van der Waals surface area contributed by atoms with E-state index in [0.29, 0.717) is 24.2 Å². The van der Waals surface area contributed by atoms with E-state index in [1.807, 2.05) is 0 Å². The van der Waals surface area contributed by atoms with Crippen molar-refractivity contribution in [2.24, 2.45) is 0 Å². The van der Waals surface area contributed by atoms with E-state index in [1.54, 1.807) is 24.3 Å². The Hall–Kier alpha value is -1.91. The van der Waals surface area contributed by atoms with E-state index in [2.05, 4.69) is 14.6 Å². The molecule has 3 rings (SSSR count). The average Bonchev–Trinajstić information content (AvgIpc) is 3.29. The highest BCUT2D eigenvalue weighted by Crippen LogP contribution is 2.31. The lowest BCUT2D eigenvalue weighted by molar-refractivity contribution is 0.0600.